The van der Waals surface area contributed by atoms with Crippen LogP contribution < -0.4 is 0 Å². The maximum atomic E-state index is 11.8. The van der Waals surface area contributed by atoms with Crippen LogP contribution in [0, 0.1) is 43.8 Å². The molecule has 2 aromatic carbocycles. The van der Waals surface area contributed by atoms with Crippen LogP contribution in [-0.4, -0.2) is 33.7 Å². The van der Waals surface area contributed by atoms with Gasteiger partial charge in [-0.1, -0.05) is 116 Å². The monoisotopic (exact) mass is 809 g/mol. The quantitative estimate of drug-likeness (QED) is 0.116. The van der Waals surface area contributed by atoms with Gasteiger partial charge in [-0.05, 0) is 35.0 Å². The molecule has 2 aliphatic rings. The fraction of sp³-hybridized carbons (Fsp3) is 0.167. The van der Waals surface area contributed by atoms with E-state index in [1.54, 1.807) is 18.3 Å². The third-order valence-corrected chi connectivity index (χ3v) is 5.71. The molecule has 0 saturated heterocycles. The molecule has 0 bridgehead atoms. The van der Waals surface area contributed by atoms with Crippen molar-refractivity contribution in [2.75, 3.05) is 6.54 Å². The van der Waals surface area contributed by atoms with Gasteiger partial charge in [0.1, 0.15) is 0 Å². The molecule has 2 aliphatic heterocycles. The number of hydrogen-bond donors (Lipinski definition) is 2. The number of carbonyl (C=O) groups is 2. The molecule has 10 nitrogen and oxygen atoms in total. The number of aromatic nitrogens is 1. The van der Waals surface area contributed by atoms with Crippen molar-refractivity contribution < 1.29 is 39.3 Å². The Bertz CT molecular complexity index is 1870. The van der Waals surface area contributed by atoms with Crippen LogP contribution >= 0.6 is 0 Å². The number of fused-ring (bicyclic) bond motifs is 1. The standard InChI is InChI=1S/C29H19N3O4.2C2H6.3CHNS.Ru/c33-28(34)22-10-12-31-25(15-22)27-17-23(29(35)36)16-26(32-27)24-14-19(9-11-30-24)6-5-18-7-8-20-3-1-2-4-21(20)13-18;2*1-2;3*2-1-3;/h1-4,7-11,13-17,26H,12H2,(H,33,34)(H,35,36);2*1-2H3;3*3H;/q-2;;;;;;+5/p-3. The number of carboxylic acids is 2. The van der Waals surface area contributed by atoms with Crippen LogP contribution in [0.5, 0.6) is 0 Å². The Balaban J connectivity index is 0. The maximum Gasteiger partial charge on any atom is 5.00 e. The van der Waals surface area contributed by atoms with E-state index in [-0.39, 0.29) is 37.2 Å². The summed E-state index contributed by atoms with van der Waals surface area (Å²) < 4.78 is 0. The molecule has 255 valence electrons. The van der Waals surface area contributed by atoms with Gasteiger partial charge in [-0.2, -0.15) is 11.4 Å². The predicted molar refractivity (Wildman–Crippen MR) is 198 cm³/mol. The number of carboxylic acid groups (broad SMARTS) is 2. The van der Waals surface area contributed by atoms with Crippen molar-refractivity contribution in [1.29, 1.82) is 15.8 Å². The fourth-order valence-electron chi connectivity index (χ4n) is 3.91. The van der Waals surface area contributed by atoms with Gasteiger partial charge in [-0.15, -0.1) is 6.54 Å². The molecule has 0 fully saturated rings. The molecular weight excluding hydrogens is 778 g/mol. The Morgan fingerprint density at radius 2 is 1.30 bits per heavy atom. The van der Waals surface area contributed by atoms with Crippen molar-refractivity contribution in [3.8, 4) is 28.0 Å². The minimum atomic E-state index is -1.12. The summed E-state index contributed by atoms with van der Waals surface area (Å²) in [6.07, 6.45) is 7.38. The second-order valence-electron chi connectivity index (χ2n) is 8.42. The average molecular weight is 809 g/mol. The molecule has 0 amide bonds. The number of benzene rings is 2. The van der Waals surface area contributed by atoms with Crippen LogP contribution in [0.4, 0.5) is 0 Å². The Hall–Kier alpha value is -5.34. The number of aliphatic carboxylic acids is 2. The van der Waals surface area contributed by atoms with E-state index >= 15 is 0 Å². The summed E-state index contributed by atoms with van der Waals surface area (Å²) in [5.74, 6) is 4.12. The van der Waals surface area contributed by atoms with E-state index in [2.05, 4.69) is 65.3 Å². The molecule has 0 aliphatic carbocycles. The molecule has 0 saturated carbocycles. The van der Waals surface area contributed by atoms with E-state index in [4.69, 9.17) is 15.8 Å². The van der Waals surface area contributed by atoms with Gasteiger partial charge in [0.15, 0.2) is 0 Å². The summed E-state index contributed by atoms with van der Waals surface area (Å²) in [5.41, 5.74) is 2.84. The predicted octanol–water partition coefficient (Wildman–Crippen LogP) is 7.33. The summed E-state index contributed by atoms with van der Waals surface area (Å²) in [7, 11) is 0. The number of nitriles is 3. The van der Waals surface area contributed by atoms with E-state index in [0.29, 0.717) is 22.7 Å². The molecule has 5 rings (SSSR count). The molecule has 50 heavy (non-hydrogen) atoms. The third-order valence-electron chi connectivity index (χ3n) is 5.71. The zero-order chi connectivity index (χ0) is 37.2. The topological polar surface area (TPSA) is 187 Å². The van der Waals surface area contributed by atoms with Crippen LogP contribution in [-0.2, 0) is 67.0 Å². The summed E-state index contributed by atoms with van der Waals surface area (Å²) in [6.45, 7) is 8.18. The zero-order valence-corrected chi connectivity index (χ0v) is 31.5. The van der Waals surface area contributed by atoms with Crippen LogP contribution in [0.2, 0.25) is 0 Å². The molecule has 1 aromatic heterocycles. The first-order valence-electron chi connectivity index (χ1n) is 14.4. The van der Waals surface area contributed by atoms with E-state index in [9.17, 15) is 19.8 Å². The Kier molecular flexibility index (Phi) is 25.8. The number of hydrogen-bond acceptors (Lipinski definition) is 9. The van der Waals surface area contributed by atoms with Crippen LogP contribution in [0.1, 0.15) is 50.6 Å². The summed E-state index contributed by atoms with van der Waals surface area (Å²) in [6, 6.07) is 17.0. The first kappa shape index (κ1) is 46.8. The van der Waals surface area contributed by atoms with Crippen LogP contribution in [0.15, 0.2) is 108 Å². The van der Waals surface area contributed by atoms with E-state index < -0.39 is 18.0 Å². The average Bonchev–Trinajstić information content (AvgIpc) is 3.13. The van der Waals surface area contributed by atoms with Gasteiger partial charge in [-0.25, -0.2) is 25.4 Å². The van der Waals surface area contributed by atoms with Gasteiger partial charge < -0.3 is 58.7 Å². The van der Waals surface area contributed by atoms with Crippen LogP contribution in [0.3, 0.4) is 0 Å². The molecule has 2 N–H and O–H groups in total. The van der Waals surface area contributed by atoms with E-state index in [1.807, 2.05) is 70.2 Å². The van der Waals surface area contributed by atoms with E-state index in [0.717, 1.165) is 16.3 Å². The number of nitrogens with zero attached hydrogens (tertiary/aromatic N) is 6. The van der Waals surface area contributed by atoms with Crippen molar-refractivity contribution in [3.63, 3.8) is 0 Å². The van der Waals surface area contributed by atoms with Gasteiger partial charge in [-0.3, -0.25) is 4.98 Å². The fourth-order valence-corrected chi connectivity index (χ4v) is 3.91. The number of rotatable bonds is 4. The number of thiocyanates is 3. The second kappa shape index (κ2) is 27.6. The molecule has 3 aromatic rings. The van der Waals surface area contributed by atoms with Gasteiger partial charge in [0.05, 0.1) is 11.1 Å². The molecule has 1 unspecified atom stereocenters. The van der Waals surface area contributed by atoms with Gasteiger partial charge in [0.25, 0.3) is 0 Å². The SMILES string of the molecule is CC.CC.N#C[S-].N#C[S-].N#C[S-].O=C(O)C1=CC[N-]C(C2=CC(C(=O)O)=CC(c3cc(C#Cc4ccc5ccccc5c4)ccn3)[N-]2)=C1.[Ru+5]. The van der Waals surface area contributed by atoms with Gasteiger partial charge in [0, 0.05) is 23.0 Å². The number of pyridine rings is 1. The summed E-state index contributed by atoms with van der Waals surface area (Å²) in [5, 5.41) is 55.5. The smallest absolute Gasteiger partial charge is 0.696 e. The van der Waals surface area contributed by atoms with Crippen molar-refractivity contribution in [2.45, 2.75) is 33.7 Å². The van der Waals surface area contributed by atoms with Gasteiger partial charge >= 0.3 is 31.4 Å². The second-order valence-corrected chi connectivity index (χ2v) is 8.97. The normalized spacial score (nSPS) is 12.7. The summed E-state index contributed by atoms with van der Waals surface area (Å²) in [4.78, 5) is 27.6. The van der Waals surface area contributed by atoms with Crippen molar-refractivity contribution in [3.05, 3.63) is 135 Å². The third kappa shape index (κ3) is 16.2. The molecule has 3 heterocycles. The minimum absolute atomic E-state index is 0. The largest absolute Gasteiger partial charge is 5.00 e. The van der Waals surface area contributed by atoms with E-state index in [1.165, 1.54) is 40.5 Å². The Labute approximate surface area is 322 Å². The first-order chi connectivity index (χ1) is 23.7. The molecular formula is C36H31N6O4RuS3. The maximum absolute atomic E-state index is 11.8. The Morgan fingerprint density at radius 1 is 0.780 bits per heavy atom. The van der Waals surface area contributed by atoms with Crippen molar-refractivity contribution >= 4 is 60.6 Å². The first-order valence-corrected chi connectivity index (χ1v) is 15.6. The molecule has 1 atom stereocenters. The Morgan fingerprint density at radius 3 is 1.86 bits per heavy atom. The van der Waals surface area contributed by atoms with Crippen LogP contribution in [0.25, 0.3) is 21.4 Å². The van der Waals surface area contributed by atoms with Crippen molar-refractivity contribution in [1.82, 2.24) is 4.98 Å². The minimum Gasteiger partial charge on any atom is -0.696 e. The molecule has 1 radical (unpaired) electrons. The molecule has 0 spiro atoms. The summed E-state index contributed by atoms with van der Waals surface area (Å²) >= 11 is 11.1. The van der Waals surface area contributed by atoms with Gasteiger partial charge in [0.2, 0.25) is 0 Å². The zero-order valence-electron chi connectivity index (χ0n) is 27.3. The molecule has 14 heteroatoms. The van der Waals surface area contributed by atoms with Crippen molar-refractivity contribution in [2.24, 2.45) is 0 Å².